The zero-order valence-corrected chi connectivity index (χ0v) is 30.0. The Hall–Kier alpha value is -5.11. The summed E-state index contributed by atoms with van der Waals surface area (Å²) in [6.45, 7) is 9.39. The van der Waals surface area contributed by atoms with Crippen molar-refractivity contribution in [1.82, 2.24) is 14.8 Å². The number of aromatic nitrogens is 1. The van der Waals surface area contributed by atoms with E-state index in [4.69, 9.17) is 25.8 Å². The number of ether oxygens (including phenoxy) is 3. The number of hydrogen-bond acceptors (Lipinski definition) is 6. The lowest BCUT2D eigenvalue weighted by Crippen LogP contribution is -2.47. The third kappa shape index (κ3) is 10.7. The fourth-order valence-electron chi connectivity index (χ4n) is 5.76. The Balaban J connectivity index is 0.885. The molecule has 0 spiro atoms. The molecule has 2 heterocycles. The Morgan fingerprint density at radius 2 is 1.47 bits per heavy atom. The fraction of sp³-hybridized carbons (Fsp3) is 0.256. The maximum Gasteiger partial charge on any atom is 0.246 e. The van der Waals surface area contributed by atoms with E-state index in [1.54, 1.807) is 18.3 Å². The van der Waals surface area contributed by atoms with E-state index in [2.05, 4.69) is 72.3 Å². The first kappa shape index (κ1) is 35.7. The molecule has 0 unspecified atom stereocenters. The Morgan fingerprint density at radius 3 is 2.16 bits per heavy atom. The molecule has 0 atom stereocenters. The number of amides is 1. The smallest absolute Gasteiger partial charge is 0.246 e. The number of rotatable bonds is 14. The van der Waals surface area contributed by atoms with E-state index in [0.29, 0.717) is 54.6 Å². The number of halogens is 1. The van der Waals surface area contributed by atoms with Crippen molar-refractivity contribution in [2.45, 2.75) is 39.3 Å². The SMILES string of the molecule is CC(C)c1ccc(OCCc2ccc(CN3CCN(C(=O)C=Cc4ccc(Oc5ccc(OCc6ccccc6Cl)cn5)cc4)CC3)cc2)cc1. The van der Waals surface area contributed by atoms with Gasteiger partial charge in [0, 0.05) is 61.9 Å². The van der Waals surface area contributed by atoms with Crippen LogP contribution in [0.2, 0.25) is 5.02 Å². The van der Waals surface area contributed by atoms with Crippen LogP contribution < -0.4 is 14.2 Å². The highest BCUT2D eigenvalue weighted by molar-refractivity contribution is 6.31. The molecule has 0 saturated carbocycles. The Bertz CT molecular complexity index is 1870. The van der Waals surface area contributed by atoms with Gasteiger partial charge in [-0.25, -0.2) is 4.98 Å². The molecule has 1 aliphatic heterocycles. The molecular formula is C43H44ClN3O4. The van der Waals surface area contributed by atoms with Crippen molar-refractivity contribution < 1.29 is 19.0 Å². The van der Waals surface area contributed by atoms with Gasteiger partial charge in [0.25, 0.3) is 0 Å². The monoisotopic (exact) mass is 701 g/mol. The molecule has 1 amide bonds. The van der Waals surface area contributed by atoms with Gasteiger partial charge in [0.2, 0.25) is 11.8 Å². The third-order valence-electron chi connectivity index (χ3n) is 8.90. The van der Waals surface area contributed by atoms with Crippen molar-refractivity contribution in [2.75, 3.05) is 32.8 Å². The number of carbonyl (C=O) groups is 1. The van der Waals surface area contributed by atoms with E-state index >= 15 is 0 Å². The molecule has 4 aromatic carbocycles. The van der Waals surface area contributed by atoms with Crippen molar-refractivity contribution in [2.24, 2.45) is 0 Å². The van der Waals surface area contributed by atoms with Crippen LogP contribution >= 0.6 is 11.6 Å². The van der Waals surface area contributed by atoms with Gasteiger partial charge in [-0.05, 0) is 70.6 Å². The second kappa shape index (κ2) is 17.7. The van der Waals surface area contributed by atoms with E-state index in [-0.39, 0.29) is 5.91 Å². The van der Waals surface area contributed by atoms with Crippen molar-refractivity contribution in [3.05, 3.63) is 154 Å². The molecule has 7 nitrogen and oxygen atoms in total. The van der Waals surface area contributed by atoms with Crippen LogP contribution in [0.15, 0.2) is 121 Å². The van der Waals surface area contributed by atoms with Crippen molar-refractivity contribution in [3.8, 4) is 23.1 Å². The molecule has 6 rings (SSSR count). The lowest BCUT2D eigenvalue weighted by molar-refractivity contribution is -0.127. The summed E-state index contributed by atoms with van der Waals surface area (Å²) in [5.41, 5.74) is 5.70. The van der Waals surface area contributed by atoms with Gasteiger partial charge < -0.3 is 19.1 Å². The number of benzene rings is 4. The zero-order chi connectivity index (χ0) is 35.4. The maximum absolute atomic E-state index is 12.9. The predicted octanol–water partition coefficient (Wildman–Crippen LogP) is 9.21. The molecule has 5 aromatic rings. The number of nitrogens with zero attached hydrogens (tertiary/aromatic N) is 3. The minimum atomic E-state index is 0.0263. The van der Waals surface area contributed by atoms with Crippen LogP contribution in [0.1, 0.15) is 47.6 Å². The molecule has 1 aromatic heterocycles. The molecule has 1 fully saturated rings. The van der Waals surface area contributed by atoms with E-state index in [0.717, 1.165) is 42.9 Å². The molecule has 8 heteroatoms. The van der Waals surface area contributed by atoms with Crippen LogP contribution in [-0.2, 0) is 24.4 Å². The first-order valence-electron chi connectivity index (χ1n) is 17.5. The van der Waals surface area contributed by atoms with Crippen molar-refractivity contribution in [1.29, 1.82) is 0 Å². The molecule has 1 saturated heterocycles. The Kier molecular flexibility index (Phi) is 12.4. The van der Waals surface area contributed by atoms with Crippen LogP contribution in [0.3, 0.4) is 0 Å². The van der Waals surface area contributed by atoms with Gasteiger partial charge in [0.15, 0.2) is 0 Å². The molecule has 0 radical (unpaired) electrons. The summed E-state index contributed by atoms with van der Waals surface area (Å²) in [4.78, 5) is 21.6. The molecule has 1 aliphatic rings. The minimum Gasteiger partial charge on any atom is -0.493 e. The second-order valence-corrected chi connectivity index (χ2v) is 13.4. The first-order valence-corrected chi connectivity index (χ1v) is 17.9. The topological polar surface area (TPSA) is 64.1 Å². The lowest BCUT2D eigenvalue weighted by atomic mass is 10.0. The molecule has 0 N–H and O–H groups in total. The maximum atomic E-state index is 12.9. The average molecular weight is 702 g/mol. The van der Waals surface area contributed by atoms with Crippen LogP contribution in [0.4, 0.5) is 0 Å². The molecule has 51 heavy (non-hydrogen) atoms. The molecule has 262 valence electrons. The van der Waals surface area contributed by atoms with Crippen LogP contribution in [0.5, 0.6) is 23.1 Å². The third-order valence-corrected chi connectivity index (χ3v) is 9.27. The van der Waals surface area contributed by atoms with Gasteiger partial charge in [-0.15, -0.1) is 0 Å². The zero-order valence-electron chi connectivity index (χ0n) is 29.2. The first-order chi connectivity index (χ1) is 24.9. The second-order valence-electron chi connectivity index (χ2n) is 13.0. The normalized spacial score (nSPS) is 13.5. The van der Waals surface area contributed by atoms with Gasteiger partial charge in [0.05, 0.1) is 12.8 Å². The van der Waals surface area contributed by atoms with Crippen LogP contribution in [0.25, 0.3) is 6.08 Å². The predicted molar refractivity (Wildman–Crippen MR) is 204 cm³/mol. The quantitative estimate of drug-likeness (QED) is 0.108. The van der Waals surface area contributed by atoms with Gasteiger partial charge >= 0.3 is 0 Å². The van der Waals surface area contributed by atoms with Gasteiger partial charge in [-0.1, -0.05) is 92.2 Å². The fourth-order valence-corrected chi connectivity index (χ4v) is 5.95. The highest BCUT2D eigenvalue weighted by Crippen LogP contribution is 2.24. The minimum absolute atomic E-state index is 0.0263. The summed E-state index contributed by atoms with van der Waals surface area (Å²) in [6, 6.07) is 35.9. The summed E-state index contributed by atoms with van der Waals surface area (Å²) in [6.07, 6.45) is 5.99. The van der Waals surface area contributed by atoms with Gasteiger partial charge in [0.1, 0.15) is 23.9 Å². The van der Waals surface area contributed by atoms with Gasteiger partial charge in [-0.2, -0.15) is 0 Å². The van der Waals surface area contributed by atoms with E-state index < -0.39 is 0 Å². The number of hydrogen-bond donors (Lipinski definition) is 0. The lowest BCUT2D eigenvalue weighted by Gasteiger charge is -2.34. The van der Waals surface area contributed by atoms with E-state index in [1.807, 2.05) is 65.6 Å². The molecular weight excluding hydrogens is 658 g/mol. The highest BCUT2D eigenvalue weighted by Gasteiger charge is 2.19. The van der Waals surface area contributed by atoms with Crippen molar-refractivity contribution in [3.63, 3.8) is 0 Å². The van der Waals surface area contributed by atoms with Crippen LogP contribution in [-0.4, -0.2) is 53.5 Å². The standard InChI is InChI=1S/C43H44ClN3O4/c1-32(2)36-14-18-38(19-15-36)49-28-23-34-7-9-35(10-8-34)30-46-24-26-47(27-25-46)43(48)22-13-33-11-16-39(17-12-33)51-42-21-20-40(29-45-42)50-31-37-5-3-4-6-41(37)44/h3-22,29,32H,23-28,30-31H2,1-2H3. The number of carbonyl (C=O) groups excluding carboxylic acids is 1. The van der Waals surface area contributed by atoms with Crippen molar-refractivity contribution >= 4 is 23.6 Å². The highest BCUT2D eigenvalue weighted by atomic mass is 35.5. The molecule has 0 bridgehead atoms. The van der Waals surface area contributed by atoms with E-state index in [9.17, 15) is 4.79 Å². The summed E-state index contributed by atoms with van der Waals surface area (Å²) >= 11 is 6.20. The largest absolute Gasteiger partial charge is 0.493 e. The average Bonchev–Trinajstić information content (AvgIpc) is 3.16. The number of piperazine rings is 1. The summed E-state index contributed by atoms with van der Waals surface area (Å²) in [5, 5.41) is 0.669. The molecule has 0 aliphatic carbocycles. The summed E-state index contributed by atoms with van der Waals surface area (Å²) in [5.74, 6) is 3.20. The summed E-state index contributed by atoms with van der Waals surface area (Å²) < 4.78 is 17.6. The Labute approximate surface area is 306 Å². The van der Waals surface area contributed by atoms with E-state index in [1.165, 1.54) is 16.7 Å². The number of pyridine rings is 1. The van der Waals surface area contributed by atoms with Crippen LogP contribution in [0, 0.1) is 0 Å². The Morgan fingerprint density at radius 1 is 0.784 bits per heavy atom. The van der Waals surface area contributed by atoms with Gasteiger partial charge in [-0.3, -0.25) is 9.69 Å². The summed E-state index contributed by atoms with van der Waals surface area (Å²) in [7, 11) is 0.